The van der Waals surface area contributed by atoms with Crippen molar-refractivity contribution in [1.29, 1.82) is 0 Å². The Morgan fingerprint density at radius 3 is 2.21 bits per heavy atom. The maximum Gasteiger partial charge on any atom is 0.329 e. The summed E-state index contributed by atoms with van der Waals surface area (Å²) in [5.74, 6) is -0.811. The van der Waals surface area contributed by atoms with Gasteiger partial charge in [-0.15, -0.1) is 0 Å². The molecule has 1 atom stereocenters. The molecule has 29 heavy (non-hydrogen) atoms. The molecule has 1 aliphatic rings. The van der Waals surface area contributed by atoms with Crippen LogP contribution in [0.25, 0.3) is 0 Å². The molecular formula is C23H25NO5. The van der Waals surface area contributed by atoms with Crippen LogP contribution in [0.4, 0.5) is 0 Å². The normalized spacial score (nSPS) is 14.2. The molecule has 0 radical (unpaired) electrons. The van der Waals surface area contributed by atoms with Crippen LogP contribution < -0.4 is 4.74 Å². The largest absolute Gasteiger partial charge is 0.496 e. The summed E-state index contributed by atoms with van der Waals surface area (Å²) >= 11 is 0. The number of carbonyl (C=O) groups excluding carboxylic acids is 3. The number of hydrogen-bond donors (Lipinski definition) is 0. The van der Waals surface area contributed by atoms with Crippen LogP contribution in [0.1, 0.15) is 52.1 Å². The molecule has 2 aromatic carbocycles. The highest BCUT2D eigenvalue weighted by molar-refractivity contribution is 6.22. The van der Waals surface area contributed by atoms with Crippen LogP contribution in [0.5, 0.6) is 5.75 Å². The second-order valence-corrected chi connectivity index (χ2v) is 7.59. The number of esters is 1. The molecule has 0 saturated heterocycles. The Balaban J connectivity index is 1.83. The third kappa shape index (κ3) is 4.16. The number of hydrogen-bond acceptors (Lipinski definition) is 5. The molecule has 6 nitrogen and oxygen atoms in total. The zero-order valence-corrected chi connectivity index (χ0v) is 17.1. The predicted molar refractivity (Wildman–Crippen MR) is 108 cm³/mol. The van der Waals surface area contributed by atoms with Gasteiger partial charge in [-0.05, 0) is 43.5 Å². The van der Waals surface area contributed by atoms with Crippen LogP contribution in [0.15, 0.2) is 42.5 Å². The lowest BCUT2D eigenvalue weighted by molar-refractivity contribution is -0.150. The van der Waals surface area contributed by atoms with E-state index < -0.39 is 23.8 Å². The van der Waals surface area contributed by atoms with Gasteiger partial charge in [0.25, 0.3) is 11.8 Å². The second-order valence-electron chi connectivity index (χ2n) is 7.59. The molecule has 0 bridgehead atoms. The van der Waals surface area contributed by atoms with Crippen molar-refractivity contribution in [1.82, 2.24) is 4.90 Å². The molecular weight excluding hydrogens is 370 g/mol. The van der Waals surface area contributed by atoms with Crippen molar-refractivity contribution < 1.29 is 23.9 Å². The van der Waals surface area contributed by atoms with Crippen molar-refractivity contribution in [2.24, 2.45) is 5.92 Å². The molecule has 3 rings (SSSR count). The van der Waals surface area contributed by atoms with Gasteiger partial charge in [0.1, 0.15) is 18.4 Å². The first kappa shape index (κ1) is 20.6. The van der Waals surface area contributed by atoms with Crippen LogP contribution >= 0.6 is 0 Å². The fourth-order valence-corrected chi connectivity index (χ4v) is 3.51. The first-order chi connectivity index (χ1) is 13.8. The fraction of sp³-hybridized carbons (Fsp3) is 0.348. The Hall–Kier alpha value is -3.15. The summed E-state index contributed by atoms with van der Waals surface area (Å²) in [7, 11) is 1.55. The molecule has 0 spiro atoms. The van der Waals surface area contributed by atoms with Crippen molar-refractivity contribution in [2.45, 2.75) is 39.8 Å². The molecule has 6 heteroatoms. The van der Waals surface area contributed by atoms with E-state index in [1.807, 2.05) is 39.0 Å². The predicted octanol–water partition coefficient (Wildman–Crippen LogP) is 3.76. The van der Waals surface area contributed by atoms with E-state index in [0.717, 1.165) is 16.0 Å². The molecule has 2 aromatic rings. The Kier molecular flexibility index (Phi) is 6.01. The standard InChI is InChI=1S/C23H25NO5/c1-14(2)11-19(24-21(25)17-7-5-6-8-18(17)22(24)26)23(27)29-13-16-12-15(3)9-10-20(16)28-4/h5-10,12,14,19H,11,13H2,1-4H3. The summed E-state index contributed by atoms with van der Waals surface area (Å²) < 4.78 is 10.9. The minimum Gasteiger partial charge on any atom is -0.496 e. The highest BCUT2D eigenvalue weighted by Crippen LogP contribution is 2.28. The van der Waals surface area contributed by atoms with Crippen molar-refractivity contribution in [3.05, 3.63) is 64.7 Å². The van der Waals surface area contributed by atoms with Gasteiger partial charge in [-0.2, -0.15) is 0 Å². The number of rotatable bonds is 7. The molecule has 1 heterocycles. The summed E-state index contributed by atoms with van der Waals surface area (Å²) in [4.78, 5) is 39.7. The Morgan fingerprint density at radius 1 is 1.03 bits per heavy atom. The summed E-state index contributed by atoms with van der Waals surface area (Å²) in [6, 6.07) is 11.2. The zero-order chi connectivity index (χ0) is 21.1. The molecule has 152 valence electrons. The summed E-state index contributed by atoms with van der Waals surface area (Å²) in [6.45, 7) is 5.80. The average Bonchev–Trinajstić information content (AvgIpc) is 2.95. The molecule has 1 unspecified atom stereocenters. The number of fused-ring (bicyclic) bond motifs is 1. The molecule has 0 N–H and O–H groups in total. The SMILES string of the molecule is COc1ccc(C)cc1COC(=O)C(CC(C)C)N1C(=O)c2ccccc2C1=O. The van der Waals surface area contributed by atoms with Crippen LogP contribution in [0.3, 0.4) is 0 Å². The summed E-state index contributed by atoms with van der Waals surface area (Å²) in [6.07, 6.45) is 0.329. The molecule has 0 saturated carbocycles. The number of benzene rings is 2. The number of nitrogens with zero attached hydrogens (tertiary/aromatic N) is 1. The smallest absolute Gasteiger partial charge is 0.329 e. The van der Waals surface area contributed by atoms with Crippen molar-refractivity contribution in [3.8, 4) is 5.75 Å². The van der Waals surface area contributed by atoms with Crippen LogP contribution in [0.2, 0.25) is 0 Å². The molecule has 0 aliphatic carbocycles. The van der Waals surface area contributed by atoms with E-state index in [1.165, 1.54) is 0 Å². The summed E-state index contributed by atoms with van der Waals surface area (Å²) in [5.41, 5.74) is 2.38. The number of amides is 2. The lowest BCUT2D eigenvalue weighted by Gasteiger charge is -2.26. The first-order valence-corrected chi connectivity index (χ1v) is 9.60. The monoisotopic (exact) mass is 395 g/mol. The van der Waals surface area contributed by atoms with E-state index in [1.54, 1.807) is 31.4 Å². The lowest BCUT2D eigenvalue weighted by atomic mass is 10.0. The van der Waals surface area contributed by atoms with Gasteiger partial charge in [-0.1, -0.05) is 37.6 Å². The van der Waals surface area contributed by atoms with Crippen LogP contribution in [-0.2, 0) is 16.1 Å². The molecule has 2 amide bonds. The minimum atomic E-state index is -0.974. The quantitative estimate of drug-likeness (QED) is 0.527. The Bertz CT molecular complexity index is 915. The van der Waals surface area contributed by atoms with Gasteiger partial charge in [0.05, 0.1) is 18.2 Å². The van der Waals surface area contributed by atoms with Gasteiger partial charge in [-0.25, -0.2) is 4.79 Å². The van der Waals surface area contributed by atoms with E-state index >= 15 is 0 Å². The molecule has 0 fully saturated rings. The van der Waals surface area contributed by atoms with E-state index in [2.05, 4.69) is 0 Å². The highest BCUT2D eigenvalue weighted by atomic mass is 16.5. The number of methoxy groups -OCH3 is 1. The molecule has 0 aromatic heterocycles. The number of ether oxygens (including phenoxy) is 2. The maximum absolute atomic E-state index is 13.0. The number of carbonyl (C=O) groups is 3. The Labute approximate surface area is 170 Å². The highest BCUT2D eigenvalue weighted by Gasteiger charge is 2.43. The van der Waals surface area contributed by atoms with E-state index in [0.29, 0.717) is 23.3 Å². The first-order valence-electron chi connectivity index (χ1n) is 9.60. The van der Waals surface area contributed by atoms with Crippen LogP contribution in [-0.4, -0.2) is 35.8 Å². The summed E-state index contributed by atoms with van der Waals surface area (Å²) in [5, 5.41) is 0. The van der Waals surface area contributed by atoms with Crippen molar-refractivity contribution in [2.75, 3.05) is 7.11 Å². The van der Waals surface area contributed by atoms with Gasteiger partial charge < -0.3 is 9.47 Å². The topological polar surface area (TPSA) is 72.9 Å². The number of imide groups is 1. The van der Waals surface area contributed by atoms with E-state index in [9.17, 15) is 14.4 Å². The molecule has 1 aliphatic heterocycles. The van der Waals surface area contributed by atoms with Crippen LogP contribution in [0, 0.1) is 12.8 Å². The van der Waals surface area contributed by atoms with Crippen molar-refractivity contribution in [3.63, 3.8) is 0 Å². The van der Waals surface area contributed by atoms with Gasteiger partial charge in [0, 0.05) is 5.56 Å². The van der Waals surface area contributed by atoms with Gasteiger partial charge >= 0.3 is 5.97 Å². The third-order valence-corrected chi connectivity index (χ3v) is 4.91. The van der Waals surface area contributed by atoms with Gasteiger partial charge in [-0.3, -0.25) is 14.5 Å². The Morgan fingerprint density at radius 2 is 1.66 bits per heavy atom. The van der Waals surface area contributed by atoms with Gasteiger partial charge in [0.2, 0.25) is 0 Å². The van der Waals surface area contributed by atoms with Gasteiger partial charge in [0.15, 0.2) is 0 Å². The lowest BCUT2D eigenvalue weighted by Crippen LogP contribution is -2.46. The fourth-order valence-electron chi connectivity index (χ4n) is 3.51. The minimum absolute atomic E-state index is 0.00144. The maximum atomic E-state index is 13.0. The van der Waals surface area contributed by atoms with E-state index in [-0.39, 0.29) is 12.5 Å². The van der Waals surface area contributed by atoms with Crippen molar-refractivity contribution >= 4 is 17.8 Å². The second kappa shape index (κ2) is 8.47. The zero-order valence-electron chi connectivity index (χ0n) is 17.1. The average molecular weight is 395 g/mol. The van der Waals surface area contributed by atoms with E-state index in [4.69, 9.17) is 9.47 Å². The number of aryl methyl sites for hydroxylation is 1. The third-order valence-electron chi connectivity index (χ3n) is 4.91.